The third-order valence-corrected chi connectivity index (χ3v) is 3.38. The first-order valence-electron chi connectivity index (χ1n) is 6.17. The number of methoxy groups -OCH3 is 1. The molecule has 0 heterocycles. The maximum absolute atomic E-state index is 12.4. The third-order valence-electron chi connectivity index (χ3n) is 2.91. The zero-order valence-electron chi connectivity index (χ0n) is 11.5. The van der Waals surface area contributed by atoms with Crippen molar-refractivity contribution in [2.24, 2.45) is 0 Å². The van der Waals surface area contributed by atoms with E-state index in [0.29, 0.717) is 32.7 Å². The van der Waals surface area contributed by atoms with Gasteiger partial charge in [-0.05, 0) is 36.4 Å². The zero-order chi connectivity index (χ0) is 15.4. The molecular weight excluding hydrogens is 311 g/mol. The van der Waals surface area contributed by atoms with Crippen molar-refractivity contribution < 1.29 is 9.53 Å². The summed E-state index contributed by atoms with van der Waals surface area (Å²) in [7, 11) is 3.26. The highest BCUT2D eigenvalue weighted by Crippen LogP contribution is 2.29. The van der Waals surface area contributed by atoms with Gasteiger partial charge in [-0.2, -0.15) is 0 Å². The topological polar surface area (TPSA) is 50.4 Å². The number of ether oxygens (including phenoxy) is 1. The third kappa shape index (κ3) is 3.60. The van der Waals surface area contributed by atoms with Crippen molar-refractivity contribution in [3.8, 4) is 5.75 Å². The molecule has 0 bridgehead atoms. The first-order valence-corrected chi connectivity index (χ1v) is 6.93. The molecule has 0 atom stereocenters. The summed E-state index contributed by atoms with van der Waals surface area (Å²) in [6, 6.07) is 10.1. The van der Waals surface area contributed by atoms with Crippen LogP contribution in [0, 0.1) is 0 Å². The monoisotopic (exact) mass is 324 g/mol. The van der Waals surface area contributed by atoms with Gasteiger partial charge in [-0.1, -0.05) is 23.2 Å². The van der Waals surface area contributed by atoms with Gasteiger partial charge in [0.05, 0.1) is 18.4 Å². The molecule has 4 nitrogen and oxygen atoms in total. The number of hydrogen-bond donors (Lipinski definition) is 2. The Bertz CT molecular complexity index is 675. The summed E-state index contributed by atoms with van der Waals surface area (Å²) in [5, 5.41) is 6.72. The zero-order valence-corrected chi connectivity index (χ0v) is 13.0. The molecule has 2 rings (SSSR count). The van der Waals surface area contributed by atoms with Crippen LogP contribution in [-0.4, -0.2) is 20.1 Å². The van der Waals surface area contributed by atoms with Gasteiger partial charge in [0.2, 0.25) is 0 Å². The van der Waals surface area contributed by atoms with Crippen molar-refractivity contribution >= 4 is 40.5 Å². The maximum atomic E-state index is 12.4. The van der Waals surface area contributed by atoms with E-state index in [2.05, 4.69) is 10.6 Å². The van der Waals surface area contributed by atoms with Crippen LogP contribution in [-0.2, 0) is 0 Å². The normalized spacial score (nSPS) is 10.1. The van der Waals surface area contributed by atoms with Crippen molar-refractivity contribution in [2.45, 2.75) is 0 Å². The van der Waals surface area contributed by atoms with Gasteiger partial charge in [0, 0.05) is 22.8 Å². The van der Waals surface area contributed by atoms with E-state index in [1.54, 1.807) is 43.4 Å². The van der Waals surface area contributed by atoms with E-state index in [0.717, 1.165) is 0 Å². The lowest BCUT2D eigenvalue weighted by Crippen LogP contribution is -2.14. The fourth-order valence-corrected chi connectivity index (χ4v) is 2.23. The van der Waals surface area contributed by atoms with Gasteiger partial charge >= 0.3 is 0 Å². The number of hydrogen-bond acceptors (Lipinski definition) is 3. The van der Waals surface area contributed by atoms with Crippen LogP contribution in [0.2, 0.25) is 10.0 Å². The Balaban J connectivity index is 2.34. The van der Waals surface area contributed by atoms with E-state index in [9.17, 15) is 4.79 Å². The Hall–Kier alpha value is -1.91. The molecule has 0 unspecified atom stereocenters. The second-order valence-electron chi connectivity index (χ2n) is 4.24. The molecule has 6 heteroatoms. The molecule has 2 aromatic carbocycles. The van der Waals surface area contributed by atoms with E-state index in [4.69, 9.17) is 27.9 Å². The van der Waals surface area contributed by atoms with Crippen molar-refractivity contribution in [1.29, 1.82) is 0 Å². The lowest BCUT2D eigenvalue weighted by Gasteiger charge is -2.13. The smallest absolute Gasteiger partial charge is 0.257 e. The number of halogens is 2. The first-order chi connectivity index (χ1) is 10.0. The molecule has 0 aromatic heterocycles. The van der Waals surface area contributed by atoms with Crippen LogP contribution in [0.25, 0.3) is 0 Å². The van der Waals surface area contributed by atoms with Gasteiger partial charge in [0.25, 0.3) is 5.91 Å². The van der Waals surface area contributed by atoms with Crippen LogP contribution in [0.3, 0.4) is 0 Å². The molecule has 110 valence electrons. The molecule has 2 aromatic rings. The Morgan fingerprint density at radius 3 is 2.38 bits per heavy atom. The first kappa shape index (κ1) is 15.5. The summed E-state index contributed by atoms with van der Waals surface area (Å²) in [6.07, 6.45) is 0. The number of rotatable bonds is 4. The molecular formula is C15H14Cl2N2O2. The number of carbonyl (C=O) groups is 1. The summed E-state index contributed by atoms with van der Waals surface area (Å²) in [4.78, 5) is 12.4. The highest BCUT2D eigenvalue weighted by molar-refractivity contribution is 6.31. The average molecular weight is 325 g/mol. The number of amides is 1. The fraction of sp³-hybridized carbons (Fsp3) is 0.133. The number of anilines is 2. The van der Waals surface area contributed by atoms with Gasteiger partial charge in [0.1, 0.15) is 5.75 Å². The van der Waals surface area contributed by atoms with Crippen molar-refractivity contribution in [3.05, 3.63) is 52.0 Å². The van der Waals surface area contributed by atoms with E-state index in [-0.39, 0.29) is 5.91 Å². The molecule has 21 heavy (non-hydrogen) atoms. The van der Waals surface area contributed by atoms with E-state index >= 15 is 0 Å². The molecule has 0 saturated carbocycles. The second-order valence-corrected chi connectivity index (χ2v) is 5.11. The quantitative estimate of drug-likeness (QED) is 0.881. The molecule has 1 amide bonds. The second kappa shape index (κ2) is 6.70. The SMILES string of the molecule is CNc1ccc(Cl)cc1C(=O)Nc1cc(Cl)ccc1OC. The van der Waals surface area contributed by atoms with Crippen LogP contribution in [0.1, 0.15) is 10.4 Å². The Morgan fingerprint density at radius 2 is 1.71 bits per heavy atom. The van der Waals surface area contributed by atoms with E-state index in [1.165, 1.54) is 7.11 Å². The lowest BCUT2D eigenvalue weighted by molar-refractivity contribution is 0.102. The standard InChI is InChI=1S/C15H14Cl2N2O2/c1-18-12-5-3-9(16)7-11(12)15(20)19-13-8-10(17)4-6-14(13)21-2/h3-8,18H,1-2H3,(H,19,20). The molecule has 0 radical (unpaired) electrons. The summed E-state index contributed by atoms with van der Waals surface area (Å²) in [6.45, 7) is 0. The maximum Gasteiger partial charge on any atom is 0.257 e. The van der Waals surface area contributed by atoms with Gasteiger partial charge < -0.3 is 15.4 Å². The highest BCUT2D eigenvalue weighted by Gasteiger charge is 2.14. The molecule has 2 N–H and O–H groups in total. The van der Waals surface area contributed by atoms with Gasteiger partial charge in [0.15, 0.2) is 0 Å². The van der Waals surface area contributed by atoms with Crippen LogP contribution in [0.4, 0.5) is 11.4 Å². The van der Waals surface area contributed by atoms with Crippen LogP contribution >= 0.6 is 23.2 Å². The van der Waals surface area contributed by atoms with Crippen LogP contribution in [0.15, 0.2) is 36.4 Å². The number of nitrogens with one attached hydrogen (secondary N) is 2. The molecule has 0 aliphatic rings. The summed E-state index contributed by atoms with van der Waals surface area (Å²) < 4.78 is 5.20. The average Bonchev–Trinajstić information content (AvgIpc) is 2.47. The molecule has 0 fully saturated rings. The number of carbonyl (C=O) groups excluding carboxylic acids is 1. The molecule has 0 aliphatic heterocycles. The van der Waals surface area contributed by atoms with E-state index < -0.39 is 0 Å². The van der Waals surface area contributed by atoms with Gasteiger partial charge in [-0.25, -0.2) is 0 Å². The van der Waals surface area contributed by atoms with Crippen molar-refractivity contribution in [3.63, 3.8) is 0 Å². The summed E-state index contributed by atoms with van der Waals surface area (Å²) in [5.74, 6) is 0.225. The largest absolute Gasteiger partial charge is 0.495 e. The minimum atomic E-state index is -0.303. The predicted molar refractivity (Wildman–Crippen MR) is 87.0 cm³/mol. The van der Waals surface area contributed by atoms with Crippen molar-refractivity contribution in [1.82, 2.24) is 0 Å². The predicted octanol–water partition coefficient (Wildman–Crippen LogP) is 4.30. The minimum absolute atomic E-state index is 0.303. The summed E-state index contributed by atoms with van der Waals surface area (Å²) in [5.41, 5.74) is 1.61. The van der Waals surface area contributed by atoms with Crippen molar-refractivity contribution in [2.75, 3.05) is 24.8 Å². The Morgan fingerprint density at radius 1 is 1.05 bits per heavy atom. The molecule has 0 aliphatic carbocycles. The lowest BCUT2D eigenvalue weighted by atomic mass is 10.1. The highest BCUT2D eigenvalue weighted by atomic mass is 35.5. The summed E-state index contributed by atoms with van der Waals surface area (Å²) >= 11 is 11.9. The van der Waals surface area contributed by atoms with Crippen LogP contribution in [0.5, 0.6) is 5.75 Å². The number of benzene rings is 2. The van der Waals surface area contributed by atoms with Crippen LogP contribution < -0.4 is 15.4 Å². The van der Waals surface area contributed by atoms with Gasteiger partial charge in [-0.15, -0.1) is 0 Å². The Labute approximate surface area is 133 Å². The van der Waals surface area contributed by atoms with Gasteiger partial charge in [-0.3, -0.25) is 4.79 Å². The molecule has 0 saturated heterocycles. The minimum Gasteiger partial charge on any atom is -0.495 e. The Kier molecular flexibility index (Phi) is 4.94. The van der Waals surface area contributed by atoms with E-state index in [1.807, 2.05) is 0 Å². The molecule has 0 spiro atoms. The fourth-order valence-electron chi connectivity index (χ4n) is 1.89.